The molecule has 0 aromatic carbocycles. The van der Waals surface area contributed by atoms with E-state index in [0.29, 0.717) is 0 Å². The van der Waals surface area contributed by atoms with Gasteiger partial charge < -0.3 is 4.55 Å². The molecule has 0 aromatic heterocycles. The molecule has 0 aliphatic carbocycles. The molecule has 0 rings (SSSR count). The van der Waals surface area contributed by atoms with E-state index in [-0.39, 0.29) is 51.4 Å². The van der Waals surface area contributed by atoms with Crippen molar-refractivity contribution < 1.29 is 60.1 Å². The molecule has 0 saturated heterocycles. The van der Waals surface area contributed by atoms with Crippen LogP contribution in [0, 0.1) is 0 Å². The van der Waals surface area contributed by atoms with Crippen LogP contribution >= 0.6 is 0 Å². The molecule has 0 aliphatic heterocycles. The van der Waals surface area contributed by atoms with Gasteiger partial charge in [0.1, 0.15) is 0 Å². The fourth-order valence-electron chi connectivity index (χ4n) is 0. The second kappa shape index (κ2) is 5.75. The summed E-state index contributed by atoms with van der Waals surface area (Å²) in [5.41, 5.74) is 0. The monoisotopic (exact) mass is 118 g/mol. The minimum absolute atomic E-state index is 0. The third-order valence-electron chi connectivity index (χ3n) is 0. The summed E-state index contributed by atoms with van der Waals surface area (Å²) < 4.78 is 18.0. The van der Waals surface area contributed by atoms with E-state index in [1.807, 2.05) is 0 Å². The van der Waals surface area contributed by atoms with Crippen LogP contribution in [0.3, 0.4) is 0 Å². The predicted octanol–water partition coefficient (Wildman–Crippen LogP) is -3.50. The van der Waals surface area contributed by atoms with E-state index in [1.165, 1.54) is 0 Å². The molecule has 0 heterocycles. The van der Waals surface area contributed by atoms with Crippen molar-refractivity contribution >= 4 is 11.1 Å². The van der Waals surface area contributed by atoms with E-state index in [9.17, 15) is 0 Å². The summed E-state index contributed by atoms with van der Waals surface area (Å²) in [6.07, 6.45) is 1.08. The molecular weight excluding hydrogens is 115 g/mol. The molecule has 1 unspecified atom stereocenters. The minimum Gasteiger partial charge on any atom is -0.773 e. The van der Waals surface area contributed by atoms with Crippen LogP contribution in [0.25, 0.3) is 0 Å². The van der Waals surface area contributed by atoms with E-state index in [0.717, 1.165) is 6.26 Å². The van der Waals surface area contributed by atoms with Crippen LogP contribution in [0.2, 0.25) is 0 Å². The Hall–Kier alpha value is 1.75. The summed E-state index contributed by atoms with van der Waals surface area (Å²) in [4.78, 5) is 0. The van der Waals surface area contributed by atoms with Crippen molar-refractivity contribution in [2.75, 3.05) is 6.26 Å². The number of rotatable bonds is 0. The Labute approximate surface area is 76.0 Å². The second-order valence-corrected chi connectivity index (χ2v) is 1.20. The first-order valence-corrected chi connectivity index (χ1v) is 2.22. The molecule has 0 fully saturated rings. The predicted molar refractivity (Wildman–Crippen MR) is 14.8 cm³/mol. The van der Waals surface area contributed by atoms with Crippen molar-refractivity contribution in [1.29, 1.82) is 0 Å². The van der Waals surface area contributed by atoms with Gasteiger partial charge in [0.05, 0.1) is 0 Å². The Balaban J connectivity index is 0. The molecule has 0 amide bonds. The molecule has 2 nitrogen and oxygen atoms in total. The van der Waals surface area contributed by atoms with Gasteiger partial charge >= 0.3 is 51.4 Å². The third kappa shape index (κ3) is 26.4. The zero-order valence-electron chi connectivity index (χ0n) is 3.22. The first-order chi connectivity index (χ1) is 1.73. The summed E-state index contributed by atoms with van der Waals surface area (Å²) in [6, 6.07) is 0. The standard InChI is InChI=1S/CH4O2S.K/c1-4(2)3;/h1H3,(H,2,3);/q;+1/p-1. The van der Waals surface area contributed by atoms with Crippen molar-refractivity contribution in [2.24, 2.45) is 0 Å². The van der Waals surface area contributed by atoms with Gasteiger partial charge in [0, 0.05) is 0 Å². The van der Waals surface area contributed by atoms with E-state index < -0.39 is 11.1 Å². The van der Waals surface area contributed by atoms with Crippen molar-refractivity contribution in [3.8, 4) is 0 Å². The average Bonchev–Trinajstić information content (AvgIpc) is 0.811. The summed E-state index contributed by atoms with van der Waals surface area (Å²) in [5, 5.41) is 0. The summed E-state index contributed by atoms with van der Waals surface area (Å²) in [5.74, 6) is 0. The molecule has 0 saturated carbocycles. The Bertz CT molecular complexity index is 32.6. The molecule has 0 bridgehead atoms. The Morgan fingerprint density at radius 1 is 1.80 bits per heavy atom. The van der Waals surface area contributed by atoms with Crippen LogP contribution in [0.15, 0.2) is 0 Å². The SMILES string of the molecule is CS(=O)[O-].[K+]. The Morgan fingerprint density at radius 2 is 1.80 bits per heavy atom. The van der Waals surface area contributed by atoms with Gasteiger partial charge in [0.25, 0.3) is 0 Å². The smallest absolute Gasteiger partial charge is 0.773 e. The van der Waals surface area contributed by atoms with Gasteiger partial charge in [-0.15, -0.1) is 0 Å². The topological polar surface area (TPSA) is 40.1 Å². The molecule has 5 heavy (non-hydrogen) atoms. The van der Waals surface area contributed by atoms with Crippen LogP contribution < -0.4 is 51.4 Å². The molecule has 0 aliphatic rings. The van der Waals surface area contributed by atoms with Gasteiger partial charge in [0.15, 0.2) is 0 Å². The zero-order chi connectivity index (χ0) is 3.58. The maximum absolute atomic E-state index is 9.00. The molecule has 0 radical (unpaired) electrons. The van der Waals surface area contributed by atoms with E-state index in [4.69, 9.17) is 8.76 Å². The number of hydrogen-bond donors (Lipinski definition) is 0. The Morgan fingerprint density at radius 3 is 1.80 bits per heavy atom. The van der Waals surface area contributed by atoms with Gasteiger partial charge in [-0.25, -0.2) is 0 Å². The molecule has 26 valence electrons. The first-order valence-electron chi connectivity index (χ1n) is 0.742. The summed E-state index contributed by atoms with van der Waals surface area (Å²) >= 11 is -1.86. The van der Waals surface area contributed by atoms with Crippen LogP contribution in [-0.4, -0.2) is 15.0 Å². The fraction of sp³-hybridized carbons (Fsp3) is 1.00. The maximum Gasteiger partial charge on any atom is 1.00 e. The molecule has 0 aromatic rings. The fourth-order valence-corrected chi connectivity index (χ4v) is 0. The van der Waals surface area contributed by atoms with Crippen molar-refractivity contribution in [3.63, 3.8) is 0 Å². The summed E-state index contributed by atoms with van der Waals surface area (Å²) in [7, 11) is 0. The van der Waals surface area contributed by atoms with Crippen LogP contribution in [-0.2, 0) is 11.1 Å². The minimum atomic E-state index is -1.86. The molecule has 0 N–H and O–H groups in total. The van der Waals surface area contributed by atoms with Crippen molar-refractivity contribution in [1.82, 2.24) is 0 Å². The van der Waals surface area contributed by atoms with Crippen LogP contribution in [0.5, 0.6) is 0 Å². The van der Waals surface area contributed by atoms with Crippen molar-refractivity contribution in [2.45, 2.75) is 0 Å². The number of hydrogen-bond acceptors (Lipinski definition) is 2. The quantitative estimate of drug-likeness (QED) is 0.244. The van der Waals surface area contributed by atoms with Crippen molar-refractivity contribution in [3.05, 3.63) is 0 Å². The van der Waals surface area contributed by atoms with Gasteiger partial charge in [-0.05, 0) is 6.26 Å². The molecular formula is CH3KO2S. The van der Waals surface area contributed by atoms with Crippen LogP contribution in [0.1, 0.15) is 0 Å². The normalized spacial score (nSPS) is 12.4. The van der Waals surface area contributed by atoms with Gasteiger partial charge in [-0.3, -0.25) is 4.21 Å². The van der Waals surface area contributed by atoms with Gasteiger partial charge in [-0.2, -0.15) is 0 Å². The van der Waals surface area contributed by atoms with Crippen LogP contribution in [0.4, 0.5) is 0 Å². The third-order valence-corrected chi connectivity index (χ3v) is 0. The molecule has 1 atom stereocenters. The largest absolute Gasteiger partial charge is 1.00 e. The van der Waals surface area contributed by atoms with E-state index in [2.05, 4.69) is 0 Å². The molecule has 0 spiro atoms. The van der Waals surface area contributed by atoms with E-state index >= 15 is 0 Å². The van der Waals surface area contributed by atoms with E-state index in [1.54, 1.807) is 0 Å². The molecule has 4 heteroatoms. The average molecular weight is 118 g/mol. The van der Waals surface area contributed by atoms with Gasteiger partial charge in [0.2, 0.25) is 0 Å². The summed E-state index contributed by atoms with van der Waals surface area (Å²) in [6.45, 7) is 0. The first kappa shape index (κ1) is 9.89. The maximum atomic E-state index is 9.00. The Kier molecular flexibility index (Phi) is 11.4. The second-order valence-electron chi connectivity index (χ2n) is 0.401. The zero-order valence-corrected chi connectivity index (χ0v) is 7.16. The van der Waals surface area contributed by atoms with Gasteiger partial charge in [-0.1, -0.05) is 11.1 Å².